The van der Waals surface area contributed by atoms with E-state index in [4.69, 9.17) is 11.6 Å². The van der Waals surface area contributed by atoms with Crippen molar-refractivity contribution in [3.8, 4) is 0 Å². The van der Waals surface area contributed by atoms with E-state index in [0.29, 0.717) is 23.8 Å². The number of hydrogen-bond donors (Lipinski definition) is 2. The number of nitrogens with zero attached hydrogens (tertiary/aromatic N) is 3. The fourth-order valence-electron chi connectivity index (χ4n) is 1.81. The maximum absolute atomic E-state index is 13.0. The first-order chi connectivity index (χ1) is 11.2. The molecule has 2 aromatic rings. The molecule has 0 radical (unpaired) electrons. The molecule has 1 aromatic carbocycles. The molecule has 2 rings (SSSR count). The fourth-order valence-corrected chi connectivity index (χ4v) is 1.93. The molecule has 0 saturated heterocycles. The number of likely N-dealkylation sites (N-methyl/N-ethyl adjacent to an activating group) is 1. The molecular formula is C15H17ClF3N5. The van der Waals surface area contributed by atoms with Gasteiger partial charge in [-0.05, 0) is 38.4 Å². The molecular weight excluding hydrogens is 343 g/mol. The van der Waals surface area contributed by atoms with Gasteiger partial charge in [0.25, 0.3) is 0 Å². The number of anilines is 3. The first-order valence-corrected chi connectivity index (χ1v) is 7.49. The van der Waals surface area contributed by atoms with E-state index < -0.39 is 11.9 Å². The minimum atomic E-state index is -4.56. The highest BCUT2D eigenvalue weighted by molar-refractivity contribution is 6.30. The molecule has 0 saturated carbocycles. The van der Waals surface area contributed by atoms with Crippen molar-refractivity contribution in [1.82, 2.24) is 14.9 Å². The van der Waals surface area contributed by atoms with Gasteiger partial charge >= 0.3 is 6.18 Å². The zero-order valence-corrected chi connectivity index (χ0v) is 13.9. The second-order valence-electron chi connectivity index (χ2n) is 5.32. The standard InChI is InChI=1S/C15H17ClF3N5/c1-24(2)8-7-20-14-22-12(15(17,18)19)9-13(23-14)21-11-5-3-10(16)4-6-11/h3-6,9H,7-8H2,1-2H3,(H2,20,21,22,23). The molecule has 9 heteroatoms. The summed E-state index contributed by atoms with van der Waals surface area (Å²) in [5, 5.41) is 6.15. The molecule has 0 atom stereocenters. The molecule has 0 aliphatic heterocycles. The first-order valence-electron chi connectivity index (χ1n) is 7.11. The van der Waals surface area contributed by atoms with E-state index >= 15 is 0 Å². The molecule has 1 aromatic heterocycles. The Balaban J connectivity index is 2.23. The number of rotatable bonds is 6. The van der Waals surface area contributed by atoms with E-state index in [9.17, 15) is 13.2 Å². The van der Waals surface area contributed by atoms with Crippen LogP contribution in [0, 0.1) is 0 Å². The van der Waals surface area contributed by atoms with Gasteiger partial charge in [-0.1, -0.05) is 11.6 Å². The number of alkyl halides is 3. The molecule has 5 nitrogen and oxygen atoms in total. The van der Waals surface area contributed by atoms with Crippen molar-refractivity contribution in [2.45, 2.75) is 6.18 Å². The van der Waals surface area contributed by atoms with Crippen LogP contribution in [0.4, 0.5) is 30.6 Å². The summed E-state index contributed by atoms with van der Waals surface area (Å²) < 4.78 is 39.1. The Labute approximate surface area is 142 Å². The van der Waals surface area contributed by atoms with Gasteiger partial charge in [-0.15, -0.1) is 0 Å². The average Bonchev–Trinajstić information content (AvgIpc) is 2.48. The summed E-state index contributed by atoms with van der Waals surface area (Å²) in [6, 6.07) is 7.43. The van der Waals surface area contributed by atoms with Crippen LogP contribution in [0.2, 0.25) is 5.02 Å². The van der Waals surface area contributed by atoms with Gasteiger partial charge in [0, 0.05) is 29.9 Å². The lowest BCUT2D eigenvalue weighted by atomic mass is 10.3. The zero-order chi connectivity index (χ0) is 17.7. The molecule has 0 unspecified atom stereocenters. The van der Waals surface area contributed by atoms with E-state index in [1.54, 1.807) is 24.3 Å². The second kappa shape index (κ2) is 7.67. The summed E-state index contributed by atoms with van der Waals surface area (Å²) in [7, 11) is 3.73. The highest BCUT2D eigenvalue weighted by Crippen LogP contribution is 2.30. The summed E-state index contributed by atoms with van der Waals surface area (Å²) in [5.41, 5.74) is -0.438. The van der Waals surface area contributed by atoms with E-state index in [2.05, 4.69) is 20.6 Å². The summed E-state index contributed by atoms with van der Waals surface area (Å²) >= 11 is 5.79. The van der Waals surface area contributed by atoms with Crippen LogP contribution in [0.1, 0.15) is 5.69 Å². The molecule has 24 heavy (non-hydrogen) atoms. The lowest BCUT2D eigenvalue weighted by Gasteiger charge is -2.14. The van der Waals surface area contributed by atoms with E-state index in [-0.39, 0.29) is 11.8 Å². The van der Waals surface area contributed by atoms with Crippen LogP contribution in [-0.4, -0.2) is 42.1 Å². The summed E-state index contributed by atoms with van der Waals surface area (Å²) in [6.45, 7) is 1.06. The van der Waals surface area contributed by atoms with E-state index in [1.165, 1.54) is 0 Å². The second-order valence-corrected chi connectivity index (χ2v) is 5.76. The third-order valence-corrected chi connectivity index (χ3v) is 3.23. The third-order valence-electron chi connectivity index (χ3n) is 2.98. The number of benzene rings is 1. The summed E-state index contributed by atoms with van der Waals surface area (Å²) in [6.07, 6.45) is -4.56. The molecule has 0 aliphatic rings. The Morgan fingerprint density at radius 3 is 2.38 bits per heavy atom. The predicted molar refractivity (Wildman–Crippen MR) is 88.8 cm³/mol. The van der Waals surface area contributed by atoms with Crippen LogP contribution in [-0.2, 0) is 6.18 Å². The molecule has 0 amide bonds. The van der Waals surface area contributed by atoms with E-state index in [1.807, 2.05) is 19.0 Å². The van der Waals surface area contributed by atoms with Gasteiger partial charge in [-0.2, -0.15) is 18.2 Å². The van der Waals surface area contributed by atoms with Crippen molar-refractivity contribution < 1.29 is 13.2 Å². The normalized spacial score (nSPS) is 11.6. The highest BCUT2D eigenvalue weighted by atomic mass is 35.5. The van der Waals surface area contributed by atoms with Gasteiger partial charge in [-0.3, -0.25) is 0 Å². The Morgan fingerprint density at radius 1 is 1.12 bits per heavy atom. The van der Waals surface area contributed by atoms with Crippen molar-refractivity contribution in [2.75, 3.05) is 37.8 Å². The number of nitrogens with one attached hydrogen (secondary N) is 2. The minimum absolute atomic E-state index is 0.0481. The molecule has 0 aliphatic carbocycles. The minimum Gasteiger partial charge on any atom is -0.353 e. The molecule has 0 spiro atoms. The van der Waals surface area contributed by atoms with Gasteiger partial charge in [-0.25, -0.2) is 4.98 Å². The van der Waals surface area contributed by atoms with Crippen molar-refractivity contribution >= 4 is 29.1 Å². The zero-order valence-electron chi connectivity index (χ0n) is 13.2. The van der Waals surface area contributed by atoms with Gasteiger partial charge < -0.3 is 15.5 Å². The fraction of sp³-hybridized carbons (Fsp3) is 0.333. The number of hydrogen-bond acceptors (Lipinski definition) is 5. The topological polar surface area (TPSA) is 53.1 Å². The van der Waals surface area contributed by atoms with Crippen LogP contribution in [0.3, 0.4) is 0 Å². The Morgan fingerprint density at radius 2 is 1.79 bits per heavy atom. The van der Waals surface area contributed by atoms with Gasteiger partial charge in [0.05, 0.1) is 0 Å². The van der Waals surface area contributed by atoms with Gasteiger partial charge in [0.1, 0.15) is 5.82 Å². The third kappa shape index (κ3) is 5.54. The molecule has 0 fully saturated rings. The Bertz CT molecular complexity index is 674. The van der Waals surface area contributed by atoms with Gasteiger partial charge in [0.2, 0.25) is 5.95 Å². The monoisotopic (exact) mass is 359 g/mol. The average molecular weight is 360 g/mol. The van der Waals surface area contributed by atoms with Crippen LogP contribution in [0.15, 0.2) is 30.3 Å². The summed E-state index contributed by atoms with van der Waals surface area (Å²) in [4.78, 5) is 9.50. The lowest BCUT2D eigenvalue weighted by molar-refractivity contribution is -0.141. The number of halogens is 4. The highest BCUT2D eigenvalue weighted by Gasteiger charge is 2.33. The van der Waals surface area contributed by atoms with Gasteiger partial charge in [0.15, 0.2) is 5.69 Å². The molecule has 1 heterocycles. The largest absolute Gasteiger partial charge is 0.433 e. The molecule has 130 valence electrons. The maximum atomic E-state index is 13.0. The number of aromatic nitrogens is 2. The summed E-state index contributed by atoms with van der Waals surface area (Å²) in [5.74, 6) is -0.0323. The van der Waals surface area contributed by atoms with E-state index in [0.717, 1.165) is 6.07 Å². The van der Waals surface area contributed by atoms with Crippen LogP contribution in [0.25, 0.3) is 0 Å². The Kier molecular flexibility index (Phi) is 5.84. The van der Waals surface area contributed by atoms with Crippen LogP contribution in [0.5, 0.6) is 0 Å². The molecule has 2 N–H and O–H groups in total. The molecule has 0 bridgehead atoms. The lowest BCUT2D eigenvalue weighted by Crippen LogP contribution is -2.22. The van der Waals surface area contributed by atoms with Crippen molar-refractivity contribution in [1.29, 1.82) is 0 Å². The maximum Gasteiger partial charge on any atom is 0.433 e. The van der Waals surface area contributed by atoms with Crippen LogP contribution >= 0.6 is 11.6 Å². The van der Waals surface area contributed by atoms with Crippen molar-refractivity contribution in [3.63, 3.8) is 0 Å². The SMILES string of the molecule is CN(C)CCNc1nc(Nc2ccc(Cl)cc2)cc(C(F)(F)F)n1. The van der Waals surface area contributed by atoms with Crippen LogP contribution < -0.4 is 10.6 Å². The van der Waals surface area contributed by atoms with Crippen molar-refractivity contribution in [3.05, 3.63) is 41.0 Å². The Hall–Kier alpha value is -2.06. The first kappa shape index (κ1) is 18.3. The predicted octanol–water partition coefficient (Wildman–Crippen LogP) is 3.87. The quantitative estimate of drug-likeness (QED) is 0.820. The van der Waals surface area contributed by atoms with Crippen molar-refractivity contribution in [2.24, 2.45) is 0 Å². The smallest absolute Gasteiger partial charge is 0.353 e.